The Hall–Kier alpha value is -1.32. The van der Waals surface area contributed by atoms with Gasteiger partial charge in [-0.2, -0.15) is 0 Å². The van der Waals surface area contributed by atoms with Crippen molar-refractivity contribution in [3.05, 3.63) is 51.7 Å². The molecular formula is C15H17NOS. The van der Waals surface area contributed by atoms with Gasteiger partial charge in [-0.05, 0) is 41.5 Å². The largest absolute Gasteiger partial charge is 0.493 e. The average Bonchev–Trinajstić information content (AvgIpc) is 3.05. The van der Waals surface area contributed by atoms with E-state index < -0.39 is 0 Å². The molecule has 2 aromatic rings. The highest BCUT2D eigenvalue weighted by molar-refractivity contribution is 7.10. The molecule has 0 spiro atoms. The molecule has 94 valence electrons. The third kappa shape index (κ3) is 2.42. The Morgan fingerprint density at radius 2 is 2.28 bits per heavy atom. The van der Waals surface area contributed by atoms with Crippen molar-refractivity contribution in [3.63, 3.8) is 0 Å². The first-order valence-corrected chi connectivity index (χ1v) is 7.24. The molecule has 3 rings (SSSR count). The van der Waals surface area contributed by atoms with Gasteiger partial charge in [-0.15, -0.1) is 11.3 Å². The molecule has 18 heavy (non-hydrogen) atoms. The molecule has 0 amide bonds. The maximum absolute atomic E-state index is 6.19. The Morgan fingerprint density at radius 1 is 1.33 bits per heavy atom. The molecule has 1 aliphatic heterocycles. The van der Waals surface area contributed by atoms with Crippen LogP contribution in [0.25, 0.3) is 0 Å². The fraction of sp³-hybridized carbons (Fsp3) is 0.333. The lowest BCUT2D eigenvalue weighted by molar-refractivity contribution is 0.357. The summed E-state index contributed by atoms with van der Waals surface area (Å²) < 4.78 is 5.51. The fourth-order valence-electron chi connectivity index (χ4n) is 2.36. The zero-order valence-electron chi connectivity index (χ0n) is 10.3. The van der Waals surface area contributed by atoms with Crippen molar-refractivity contribution in [2.24, 2.45) is 5.73 Å². The lowest BCUT2D eigenvalue weighted by Gasteiger charge is -2.10. The van der Waals surface area contributed by atoms with E-state index in [4.69, 9.17) is 10.5 Å². The predicted molar refractivity (Wildman–Crippen MR) is 75.2 cm³/mol. The van der Waals surface area contributed by atoms with Gasteiger partial charge in [-0.3, -0.25) is 0 Å². The molecule has 2 heterocycles. The van der Waals surface area contributed by atoms with Crippen LogP contribution in [0, 0.1) is 0 Å². The molecular weight excluding hydrogens is 242 g/mol. The summed E-state index contributed by atoms with van der Waals surface area (Å²) in [5, 5.41) is 2.09. The van der Waals surface area contributed by atoms with Gasteiger partial charge in [0.1, 0.15) is 5.75 Å². The van der Waals surface area contributed by atoms with Crippen molar-refractivity contribution in [2.75, 3.05) is 6.61 Å². The number of thiophene rings is 1. The lowest BCUT2D eigenvalue weighted by Crippen LogP contribution is -2.09. The van der Waals surface area contributed by atoms with Crippen LogP contribution in [-0.4, -0.2) is 6.61 Å². The van der Waals surface area contributed by atoms with E-state index in [0.717, 1.165) is 31.6 Å². The van der Waals surface area contributed by atoms with Crippen molar-refractivity contribution in [2.45, 2.75) is 25.3 Å². The molecule has 2 nitrogen and oxygen atoms in total. The molecule has 3 heteroatoms. The Bertz CT molecular complexity index is 521. The second-order valence-corrected chi connectivity index (χ2v) is 5.68. The minimum absolute atomic E-state index is 0.162. The zero-order valence-corrected chi connectivity index (χ0v) is 11.1. The number of hydrogen-bond donors (Lipinski definition) is 1. The molecule has 1 unspecified atom stereocenters. The highest BCUT2D eigenvalue weighted by Crippen LogP contribution is 2.27. The van der Waals surface area contributed by atoms with E-state index in [9.17, 15) is 0 Å². The van der Waals surface area contributed by atoms with E-state index in [2.05, 4.69) is 35.7 Å². The van der Waals surface area contributed by atoms with Crippen LogP contribution in [-0.2, 0) is 12.8 Å². The molecule has 1 atom stereocenters. The van der Waals surface area contributed by atoms with Crippen LogP contribution in [0.4, 0.5) is 0 Å². The third-order valence-corrected chi connectivity index (χ3v) is 4.41. The van der Waals surface area contributed by atoms with Gasteiger partial charge in [0, 0.05) is 17.3 Å². The van der Waals surface area contributed by atoms with Crippen LogP contribution in [0.2, 0.25) is 0 Å². The molecule has 0 aliphatic carbocycles. The van der Waals surface area contributed by atoms with E-state index >= 15 is 0 Å². The van der Waals surface area contributed by atoms with Crippen LogP contribution < -0.4 is 10.5 Å². The Labute approximate surface area is 111 Å². The topological polar surface area (TPSA) is 35.2 Å². The summed E-state index contributed by atoms with van der Waals surface area (Å²) in [5.41, 5.74) is 8.90. The highest BCUT2D eigenvalue weighted by atomic mass is 32.1. The number of rotatable bonds is 4. The van der Waals surface area contributed by atoms with E-state index in [0.29, 0.717) is 0 Å². The molecule has 0 saturated carbocycles. The quantitative estimate of drug-likeness (QED) is 0.914. The van der Waals surface area contributed by atoms with Crippen molar-refractivity contribution < 1.29 is 4.74 Å². The SMILES string of the molecule is NC(CCc1ccc2c(c1)CCO2)c1cccs1. The molecule has 0 fully saturated rings. The van der Waals surface area contributed by atoms with Gasteiger partial charge < -0.3 is 10.5 Å². The third-order valence-electron chi connectivity index (χ3n) is 3.41. The summed E-state index contributed by atoms with van der Waals surface area (Å²) in [7, 11) is 0. The maximum Gasteiger partial charge on any atom is 0.122 e. The van der Waals surface area contributed by atoms with Gasteiger partial charge in [0.25, 0.3) is 0 Å². The first-order valence-electron chi connectivity index (χ1n) is 6.36. The summed E-state index contributed by atoms with van der Waals surface area (Å²) in [6, 6.07) is 10.9. The van der Waals surface area contributed by atoms with E-state index in [1.165, 1.54) is 16.0 Å². The minimum atomic E-state index is 0.162. The summed E-state index contributed by atoms with van der Waals surface area (Å²) in [4.78, 5) is 1.28. The molecule has 0 radical (unpaired) electrons. The first kappa shape index (κ1) is 11.8. The summed E-state index contributed by atoms with van der Waals surface area (Å²) in [6.07, 6.45) is 3.08. The second-order valence-electron chi connectivity index (χ2n) is 4.70. The van der Waals surface area contributed by atoms with Gasteiger partial charge in [-0.25, -0.2) is 0 Å². The number of hydrogen-bond acceptors (Lipinski definition) is 3. The second kappa shape index (κ2) is 5.12. The van der Waals surface area contributed by atoms with Crippen molar-refractivity contribution in [1.29, 1.82) is 0 Å². The Kier molecular flexibility index (Phi) is 3.35. The fourth-order valence-corrected chi connectivity index (χ4v) is 3.13. The lowest BCUT2D eigenvalue weighted by atomic mass is 10.0. The highest BCUT2D eigenvalue weighted by Gasteiger charge is 2.13. The van der Waals surface area contributed by atoms with Crippen LogP contribution in [0.3, 0.4) is 0 Å². The smallest absolute Gasteiger partial charge is 0.122 e. The first-order chi connectivity index (χ1) is 8.83. The number of nitrogens with two attached hydrogens (primary N) is 1. The van der Waals surface area contributed by atoms with Crippen LogP contribution in [0.1, 0.15) is 28.5 Å². The van der Waals surface area contributed by atoms with Crippen LogP contribution in [0.5, 0.6) is 5.75 Å². The van der Waals surface area contributed by atoms with Gasteiger partial charge in [0.15, 0.2) is 0 Å². The van der Waals surface area contributed by atoms with Gasteiger partial charge >= 0.3 is 0 Å². The molecule has 1 aromatic carbocycles. The van der Waals surface area contributed by atoms with Gasteiger partial charge in [0.2, 0.25) is 0 Å². The number of ether oxygens (including phenoxy) is 1. The zero-order chi connectivity index (χ0) is 12.4. The van der Waals surface area contributed by atoms with E-state index in [1.807, 2.05) is 0 Å². The van der Waals surface area contributed by atoms with E-state index in [-0.39, 0.29) is 6.04 Å². The molecule has 0 bridgehead atoms. The molecule has 1 aromatic heterocycles. The van der Waals surface area contributed by atoms with Crippen molar-refractivity contribution in [1.82, 2.24) is 0 Å². The average molecular weight is 259 g/mol. The van der Waals surface area contributed by atoms with E-state index in [1.54, 1.807) is 11.3 Å². The molecule has 2 N–H and O–H groups in total. The Morgan fingerprint density at radius 3 is 3.11 bits per heavy atom. The standard InChI is InChI=1S/C15H17NOS/c16-13(15-2-1-9-18-15)5-3-11-4-6-14-12(10-11)7-8-17-14/h1-2,4,6,9-10,13H,3,5,7-8,16H2. The monoisotopic (exact) mass is 259 g/mol. The maximum atomic E-state index is 6.19. The van der Waals surface area contributed by atoms with Crippen LogP contribution >= 0.6 is 11.3 Å². The van der Waals surface area contributed by atoms with Crippen molar-refractivity contribution in [3.8, 4) is 5.75 Å². The molecule has 0 saturated heterocycles. The number of benzene rings is 1. The molecule has 1 aliphatic rings. The van der Waals surface area contributed by atoms with Crippen molar-refractivity contribution >= 4 is 11.3 Å². The number of aryl methyl sites for hydroxylation is 1. The summed E-state index contributed by atoms with van der Waals surface area (Å²) in [5.74, 6) is 1.06. The summed E-state index contributed by atoms with van der Waals surface area (Å²) >= 11 is 1.74. The predicted octanol–water partition coefficient (Wildman–Crippen LogP) is 3.32. The van der Waals surface area contributed by atoms with Gasteiger partial charge in [0.05, 0.1) is 6.61 Å². The number of fused-ring (bicyclic) bond motifs is 1. The minimum Gasteiger partial charge on any atom is -0.493 e. The summed E-state index contributed by atoms with van der Waals surface area (Å²) in [6.45, 7) is 0.827. The Balaban J connectivity index is 1.63. The normalized spacial score (nSPS) is 15.2. The van der Waals surface area contributed by atoms with Gasteiger partial charge in [-0.1, -0.05) is 18.2 Å². The van der Waals surface area contributed by atoms with Crippen LogP contribution in [0.15, 0.2) is 35.7 Å².